The van der Waals surface area contributed by atoms with E-state index in [9.17, 15) is 9.59 Å². The van der Waals surface area contributed by atoms with Gasteiger partial charge in [-0.2, -0.15) is 0 Å². The maximum Gasteiger partial charge on any atom is 0.407 e. The van der Waals surface area contributed by atoms with E-state index < -0.39 is 6.09 Å². The highest BCUT2D eigenvalue weighted by molar-refractivity contribution is 5.86. The number of halogens is 2. The smallest absolute Gasteiger partial charge is 0.407 e. The molecule has 2 aliphatic rings. The van der Waals surface area contributed by atoms with E-state index in [-0.39, 0.29) is 42.2 Å². The van der Waals surface area contributed by atoms with Crippen molar-refractivity contribution < 1.29 is 19.1 Å². The van der Waals surface area contributed by atoms with E-state index in [2.05, 4.69) is 15.2 Å². The third kappa shape index (κ3) is 7.02. The summed E-state index contributed by atoms with van der Waals surface area (Å²) in [6, 6.07) is 11.5. The predicted molar refractivity (Wildman–Crippen MR) is 143 cm³/mol. The zero-order valence-corrected chi connectivity index (χ0v) is 22.5. The quantitative estimate of drug-likeness (QED) is 0.541. The summed E-state index contributed by atoms with van der Waals surface area (Å²) < 4.78 is 10.2. The van der Waals surface area contributed by atoms with E-state index in [4.69, 9.17) is 9.47 Å². The van der Waals surface area contributed by atoms with Crippen molar-refractivity contribution in [1.82, 2.24) is 20.1 Å². The van der Waals surface area contributed by atoms with Crippen molar-refractivity contribution in [2.45, 2.75) is 38.3 Å². The van der Waals surface area contributed by atoms with Crippen LogP contribution < -0.4 is 10.1 Å². The van der Waals surface area contributed by atoms with Crippen molar-refractivity contribution in [2.24, 2.45) is 5.41 Å². The van der Waals surface area contributed by atoms with Crippen LogP contribution in [0.4, 0.5) is 4.79 Å². The lowest BCUT2D eigenvalue weighted by Gasteiger charge is -2.38. The molecule has 1 aromatic heterocycles. The van der Waals surface area contributed by atoms with Gasteiger partial charge in [0.2, 0.25) is 5.91 Å². The number of aromatic nitrogens is 1. The molecule has 2 amide bonds. The van der Waals surface area contributed by atoms with Crippen LogP contribution in [-0.2, 0) is 16.1 Å². The van der Waals surface area contributed by atoms with Gasteiger partial charge in [0.05, 0.1) is 25.7 Å². The summed E-state index contributed by atoms with van der Waals surface area (Å²) in [5, 5.41) is 2.95. The lowest BCUT2D eigenvalue weighted by Crippen LogP contribution is -2.45. The Hall–Kier alpha value is -2.55. The number of nitrogens with zero attached hydrogens (tertiary/aromatic N) is 3. The lowest BCUT2D eigenvalue weighted by molar-refractivity contribution is -0.138. The van der Waals surface area contributed by atoms with Gasteiger partial charge < -0.3 is 24.6 Å². The molecule has 1 atom stereocenters. The molecule has 3 heterocycles. The second-order valence-electron chi connectivity index (χ2n) is 9.21. The van der Waals surface area contributed by atoms with Gasteiger partial charge in [-0.3, -0.25) is 9.78 Å². The molecule has 0 aliphatic carbocycles. The first-order valence-corrected chi connectivity index (χ1v) is 11.9. The van der Waals surface area contributed by atoms with Gasteiger partial charge in [-0.05, 0) is 68.1 Å². The van der Waals surface area contributed by atoms with E-state index >= 15 is 0 Å². The maximum absolute atomic E-state index is 13.3. The molecule has 8 nitrogen and oxygen atoms in total. The van der Waals surface area contributed by atoms with E-state index in [1.165, 1.54) is 7.11 Å². The van der Waals surface area contributed by atoms with Crippen LogP contribution in [0.5, 0.6) is 5.75 Å². The van der Waals surface area contributed by atoms with Crippen molar-refractivity contribution in [2.75, 3.05) is 40.4 Å². The summed E-state index contributed by atoms with van der Waals surface area (Å²) in [5.41, 5.74) is 1.83. The minimum Gasteiger partial charge on any atom is -0.497 e. The summed E-state index contributed by atoms with van der Waals surface area (Å²) in [6.45, 7) is 4.05. The molecule has 0 bridgehead atoms. The minimum atomic E-state index is -0.448. The van der Waals surface area contributed by atoms with E-state index in [1.54, 1.807) is 13.3 Å². The summed E-state index contributed by atoms with van der Waals surface area (Å²) in [6.07, 6.45) is 6.57. The van der Waals surface area contributed by atoms with Crippen LogP contribution in [0.3, 0.4) is 0 Å². The monoisotopic (exact) mass is 538 g/mol. The Balaban J connectivity index is 0.00000228. The SMILES string of the molecule is COC(=O)NC(CCN1CCC2(CC1)CCN(Cc1cccnc1)C2=O)c1cccc(OC)c1.Cl.Cl. The Bertz CT molecular complexity index is 987. The number of carbonyl (C=O) groups is 2. The number of benzene rings is 1. The van der Waals surface area contributed by atoms with Gasteiger partial charge in [0.1, 0.15) is 5.75 Å². The number of hydrogen-bond acceptors (Lipinski definition) is 6. The maximum atomic E-state index is 13.3. The topological polar surface area (TPSA) is 84.0 Å². The van der Waals surface area contributed by atoms with Crippen LogP contribution in [0.2, 0.25) is 0 Å². The fourth-order valence-corrected chi connectivity index (χ4v) is 5.12. The second-order valence-corrected chi connectivity index (χ2v) is 9.21. The molecule has 2 aromatic rings. The lowest BCUT2D eigenvalue weighted by atomic mass is 9.77. The molecular formula is C26H36Cl2N4O4. The molecule has 1 unspecified atom stereocenters. The van der Waals surface area contributed by atoms with Crippen LogP contribution in [0.25, 0.3) is 0 Å². The summed E-state index contributed by atoms with van der Waals surface area (Å²) in [5.74, 6) is 1.04. The van der Waals surface area contributed by atoms with Gasteiger partial charge in [-0.25, -0.2) is 4.79 Å². The largest absolute Gasteiger partial charge is 0.497 e. The molecule has 2 saturated heterocycles. The zero-order chi connectivity index (χ0) is 24.0. The molecule has 36 heavy (non-hydrogen) atoms. The number of rotatable bonds is 8. The standard InChI is InChI=1S/C26H34N4O4.2ClH/c1-33-22-7-3-6-21(17-22)23(28-25(32)34-2)8-13-29-14-9-26(10-15-29)11-16-30(24(26)31)19-20-5-4-12-27-18-20;;/h3-7,12,17-18,23H,8-11,13-16,19H2,1-2H3,(H,28,32);2*1H. The number of nitrogens with one attached hydrogen (secondary N) is 1. The summed E-state index contributed by atoms with van der Waals surface area (Å²) in [4.78, 5) is 33.8. The number of amides is 2. The van der Waals surface area contributed by atoms with Gasteiger partial charge in [-0.15, -0.1) is 24.8 Å². The predicted octanol–water partition coefficient (Wildman–Crippen LogP) is 4.24. The minimum absolute atomic E-state index is 0. The molecule has 1 N–H and O–H groups in total. The van der Waals surface area contributed by atoms with Gasteiger partial charge in [-0.1, -0.05) is 18.2 Å². The third-order valence-corrected chi connectivity index (χ3v) is 7.22. The first-order chi connectivity index (χ1) is 16.5. The van der Waals surface area contributed by atoms with Crippen LogP contribution >= 0.6 is 24.8 Å². The second kappa shape index (κ2) is 13.7. The Morgan fingerprint density at radius 1 is 1.11 bits per heavy atom. The molecule has 1 spiro atoms. The molecule has 2 fully saturated rings. The third-order valence-electron chi connectivity index (χ3n) is 7.22. The van der Waals surface area contributed by atoms with Gasteiger partial charge in [0, 0.05) is 32.0 Å². The number of piperidine rings is 1. The summed E-state index contributed by atoms with van der Waals surface area (Å²) in [7, 11) is 3.01. The Kier molecular flexibility index (Phi) is 11.3. The van der Waals surface area contributed by atoms with Gasteiger partial charge in [0.15, 0.2) is 0 Å². The first kappa shape index (κ1) is 29.7. The average Bonchev–Trinajstić information content (AvgIpc) is 3.17. The molecule has 10 heteroatoms. The number of likely N-dealkylation sites (tertiary alicyclic amines) is 2. The fraction of sp³-hybridized carbons (Fsp3) is 0.500. The number of pyridine rings is 1. The molecule has 2 aliphatic heterocycles. The van der Waals surface area contributed by atoms with Crippen molar-refractivity contribution in [3.05, 3.63) is 59.9 Å². The fourth-order valence-electron chi connectivity index (χ4n) is 5.12. The molecule has 1 aromatic carbocycles. The van der Waals surface area contributed by atoms with E-state index in [0.29, 0.717) is 6.54 Å². The Morgan fingerprint density at radius 3 is 2.53 bits per heavy atom. The number of carbonyl (C=O) groups excluding carboxylic acids is 2. The number of alkyl carbamates (subject to hydrolysis) is 1. The molecular weight excluding hydrogens is 503 g/mol. The van der Waals surface area contributed by atoms with Crippen LogP contribution in [-0.4, -0.2) is 67.2 Å². The highest BCUT2D eigenvalue weighted by Crippen LogP contribution is 2.42. The molecule has 198 valence electrons. The molecule has 0 saturated carbocycles. The van der Waals surface area contributed by atoms with Gasteiger partial charge >= 0.3 is 6.09 Å². The average molecular weight is 540 g/mol. The Labute approximate surface area is 225 Å². The van der Waals surface area contributed by atoms with Gasteiger partial charge in [0.25, 0.3) is 0 Å². The number of methoxy groups -OCH3 is 2. The van der Waals surface area contributed by atoms with Crippen LogP contribution in [0.1, 0.15) is 42.9 Å². The van der Waals surface area contributed by atoms with E-state index in [0.717, 1.165) is 68.7 Å². The van der Waals surface area contributed by atoms with Crippen molar-refractivity contribution in [3.8, 4) is 5.75 Å². The molecule has 4 rings (SSSR count). The zero-order valence-electron chi connectivity index (χ0n) is 20.9. The normalized spacial score (nSPS) is 17.6. The van der Waals surface area contributed by atoms with Crippen molar-refractivity contribution in [1.29, 1.82) is 0 Å². The van der Waals surface area contributed by atoms with Crippen molar-refractivity contribution in [3.63, 3.8) is 0 Å². The highest BCUT2D eigenvalue weighted by atomic mass is 35.5. The number of hydrogen-bond donors (Lipinski definition) is 1. The van der Waals surface area contributed by atoms with E-state index in [1.807, 2.05) is 47.5 Å². The highest BCUT2D eigenvalue weighted by Gasteiger charge is 2.47. The van der Waals surface area contributed by atoms with Crippen LogP contribution in [0.15, 0.2) is 48.8 Å². The molecule has 0 radical (unpaired) electrons. The van der Waals surface area contributed by atoms with Crippen LogP contribution in [0, 0.1) is 5.41 Å². The van der Waals surface area contributed by atoms with Crippen molar-refractivity contribution >= 4 is 36.8 Å². The number of ether oxygens (including phenoxy) is 2. The Morgan fingerprint density at radius 2 is 1.86 bits per heavy atom. The summed E-state index contributed by atoms with van der Waals surface area (Å²) >= 11 is 0. The first-order valence-electron chi connectivity index (χ1n) is 11.9.